The van der Waals surface area contributed by atoms with Gasteiger partial charge in [0.2, 0.25) is 0 Å². The SMILES string of the molecule is C=C(C)CCOc1c(C)cc(CNCC)cc1C. The second-order valence-electron chi connectivity index (χ2n) is 4.89. The molecule has 0 radical (unpaired) electrons. The fourth-order valence-electron chi connectivity index (χ4n) is 1.97. The van der Waals surface area contributed by atoms with E-state index in [4.69, 9.17) is 4.74 Å². The average molecular weight is 247 g/mol. The van der Waals surface area contributed by atoms with E-state index in [0.29, 0.717) is 6.61 Å². The van der Waals surface area contributed by atoms with Crippen molar-refractivity contribution in [3.63, 3.8) is 0 Å². The minimum Gasteiger partial charge on any atom is -0.493 e. The summed E-state index contributed by atoms with van der Waals surface area (Å²) in [5.41, 5.74) is 4.91. The van der Waals surface area contributed by atoms with Crippen LogP contribution in [0.4, 0.5) is 0 Å². The van der Waals surface area contributed by atoms with Crippen LogP contribution in [0.25, 0.3) is 0 Å². The lowest BCUT2D eigenvalue weighted by atomic mass is 10.1. The van der Waals surface area contributed by atoms with E-state index in [1.165, 1.54) is 16.7 Å². The number of nitrogens with one attached hydrogen (secondary N) is 1. The zero-order chi connectivity index (χ0) is 13.5. The van der Waals surface area contributed by atoms with Gasteiger partial charge < -0.3 is 10.1 Å². The first kappa shape index (κ1) is 14.8. The van der Waals surface area contributed by atoms with Gasteiger partial charge in [0.25, 0.3) is 0 Å². The van der Waals surface area contributed by atoms with Crippen LogP contribution in [0.2, 0.25) is 0 Å². The molecular formula is C16H25NO. The maximum Gasteiger partial charge on any atom is 0.125 e. The first-order chi connectivity index (χ1) is 8.54. The maximum absolute atomic E-state index is 5.86. The Hall–Kier alpha value is -1.28. The van der Waals surface area contributed by atoms with Gasteiger partial charge in [-0.15, -0.1) is 6.58 Å². The van der Waals surface area contributed by atoms with Crippen LogP contribution < -0.4 is 10.1 Å². The Labute approximate surface area is 111 Å². The van der Waals surface area contributed by atoms with Crippen LogP contribution in [0.1, 0.15) is 37.0 Å². The van der Waals surface area contributed by atoms with E-state index in [1.54, 1.807) is 0 Å². The summed E-state index contributed by atoms with van der Waals surface area (Å²) in [6.45, 7) is 14.9. The monoisotopic (exact) mass is 247 g/mol. The van der Waals surface area contributed by atoms with Gasteiger partial charge in [0, 0.05) is 13.0 Å². The van der Waals surface area contributed by atoms with Crippen molar-refractivity contribution in [2.45, 2.75) is 40.7 Å². The van der Waals surface area contributed by atoms with Crippen molar-refractivity contribution < 1.29 is 4.74 Å². The van der Waals surface area contributed by atoms with Crippen molar-refractivity contribution in [1.29, 1.82) is 0 Å². The largest absolute Gasteiger partial charge is 0.493 e. The minimum absolute atomic E-state index is 0.712. The van der Waals surface area contributed by atoms with Crippen LogP contribution in [-0.2, 0) is 6.54 Å². The molecule has 0 spiro atoms. The molecule has 1 rings (SSSR count). The van der Waals surface area contributed by atoms with Crippen molar-refractivity contribution in [3.8, 4) is 5.75 Å². The Kier molecular flexibility index (Phi) is 5.93. The summed E-state index contributed by atoms with van der Waals surface area (Å²) in [5, 5.41) is 3.34. The highest BCUT2D eigenvalue weighted by atomic mass is 16.5. The van der Waals surface area contributed by atoms with E-state index in [2.05, 4.69) is 44.8 Å². The van der Waals surface area contributed by atoms with Gasteiger partial charge in [-0.2, -0.15) is 0 Å². The Bertz CT molecular complexity index is 387. The quantitative estimate of drug-likeness (QED) is 0.741. The lowest BCUT2D eigenvalue weighted by Crippen LogP contribution is -2.12. The van der Waals surface area contributed by atoms with Gasteiger partial charge in [-0.05, 0) is 44.0 Å². The van der Waals surface area contributed by atoms with Crippen molar-refractivity contribution in [2.75, 3.05) is 13.2 Å². The molecule has 1 N–H and O–H groups in total. The number of rotatable bonds is 7. The Balaban J connectivity index is 2.71. The third-order valence-electron chi connectivity index (χ3n) is 2.87. The summed E-state index contributed by atoms with van der Waals surface area (Å²) in [5.74, 6) is 1.02. The molecule has 0 fully saturated rings. The Morgan fingerprint density at radius 2 is 1.89 bits per heavy atom. The van der Waals surface area contributed by atoms with Crippen LogP contribution in [-0.4, -0.2) is 13.2 Å². The molecule has 0 saturated heterocycles. The molecule has 0 saturated carbocycles. The normalized spacial score (nSPS) is 10.4. The molecule has 0 unspecified atom stereocenters. The molecular weight excluding hydrogens is 222 g/mol. The van der Waals surface area contributed by atoms with E-state index in [0.717, 1.165) is 30.8 Å². The molecule has 0 aliphatic rings. The van der Waals surface area contributed by atoms with Crippen molar-refractivity contribution >= 4 is 0 Å². The van der Waals surface area contributed by atoms with Gasteiger partial charge >= 0.3 is 0 Å². The summed E-state index contributed by atoms with van der Waals surface area (Å²) >= 11 is 0. The topological polar surface area (TPSA) is 21.3 Å². The summed E-state index contributed by atoms with van der Waals surface area (Å²) in [6, 6.07) is 4.40. The highest BCUT2D eigenvalue weighted by molar-refractivity contribution is 5.43. The van der Waals surface area contributed by atoms with Crippen LogP contribution in [0.15, 0.2) is 24.3 Å². The molecule has 18 heavy (non-hydrogen) atoms. The number of aryl methyl sites for hydroxylation is 2. The third kappa shape index (κ3) is 4.53. The molecule has 0 aliphatic carbocycles. The summed E-state index contributed by atoms with van der Waals surface area (Å²) in [7, 11) is 0. The van der Waals surface area contributed by atoms with Gasteiger partial charge in [0.1, 0.15) is 5.75 Å². The standard InChI is InChI=1S/C16H25NO/c1-6-17-11-15-9-13(4)16(14(5)10-15)18-8-7-12(2)3/h9-10,17H,2,6-8,11H2,1,3-5H3. The molecule has 0 atom stereocenters. The lowest BCUT2D eigenvalue weighted by molar-refractivity contribution is 0.317. The molecule has 0 heterocycles. The van der Waals surface area contributed by atoms with Gasteiger partial charge in [0.05, 0.1) is 6.61 Å². The first-order valence-electron chi connectivity index (χ1n) is 6.62. The number of hydrogen-bond donors (Lipinski definition) is 1. The molecule has 1 aromatic rings. The zero-order valence-electron chi connectivity index (χ0n) is 12.1. The summed E-state index contributed by atoms with van der Waals surface area (Å²) in [4.78, 5) is 0. The minimum atomic E-state index is 0.712. The molecule has 2 nitrogen and oxygen atoms in total. The first-order valence-corrected chi connectivity index (χ1v) is 6.62. The number of ether oxygens (including phenoxy) is 1. The van der Waals surface area contributed by atoms with E-state index in [1.807, 2.05) is 6.92 Å². The number of benzene rings is 1. The average Bonchev–Trinajstić information content (AvgIpc) is 2.29. The maximum atomic E-state index is 5.86. The second-order valence-corrected chi connectivity index (χ2v) is 4.89. The van der Waals surface area contributed by atoms with Crippen LogP contribution in [0.3, 0.4) is 0 Å². The summed E-state index contributed by atoms with van der Waals surface area (Å²) in [6.07, 6.45) is 0.915. The van der Waals surface area contributed by atoms with E-state index >= 15 is 0 Å². The van der Waals surface area contributed by atoms with E-state index < -0.39 is 0 Å². The highest BCUT2D eigenvalue weighted by Gasteiger charge is 2.06. The van der Waals surface area contributed by atoms with Crippen LogP contribution >= 0.6 is 0 Å². The van der Waals surface area contributed by atoms with Gasteiger partial charge in [-0.3, -0.25) is 0 Å². The Morgan fingerprint density at radius 1 is 1.28 bits per heavy atom. The van der Waals surface area contributed by atoms with E-state index in [9.17, 15) is 0 Å². The van der Waals surface area contributed by atoms with Gasteiger partial charge in [-0.25, -0.2) is 0 Å². The van der Waals surface area contributed by atoms with Crippen molar-refractivity contribution in [1.82, 2.24) is 5.32 Å². The summed E-state index contributed by atoms with van der Waals surface area (Å²) < 4.78 is 5.86. The molecule has 1 aromatic carbocycles. The van der Waals surface area contributed by atoms with E-state index in [-0.39, 0.29) is 0 Å². The molecule has 0 amide bonds. The van der Waals surface area contributed by atoms with Crippen LogP contribution in [0.5, 0.6) is 5.75 Å². The van der Waals surface area contributed by atoms with Gasteiger partial charge in [0.15, 0.2) is 0 Å². The smallest absolute Gasteiger partial charge is 0.125 e. The zero-order valence-corrected chi connectivity index (χ0v) is 12.1. The molecule has 2 heteroatoms. The predicted octanol–water partition coefficient (Wildman–Crippen LogP) is 3.76. The Morgan fingerprint density at radius 3 is 2.39 bits per heavy atom. The fraction of sp³-hybridized carbons (Fsp3) is 0.500. The second kappa shape index (κ2) is 7.22. The molecule has 0 bridgehead atoms. The van der Waals surface area contributed by atoms with Crippen LogP contribution in [0, 0.1) is 13.8 Å². The predicted molar refractivity (Wildman–Crippen MR) is 78.2 cm³/mol. The number of hydrogen-bond acceptors (Lipinski definition) is 2. The fourth-order valence-corrected chi connectivity index (χ4v) is 1.97. The molecule has 0 aliphatic heterocycles. The highest BCUT2D eigenvalue weighted by Crippen LogP contribution is 2.25. The molecule has 100 valence electrons. The van der Waals surface area contributed by atoms with Crippen molar-refractivity contribution in [2.24, 2.45) is 0 Å². The van der Waals surface area contributed by atoms with Crippen molar-refractivity contribution in [3.05, 3.63) is 41.0 Å². The van der Waals surface area contributed by atoms with Gasteiger partial charge in [-0.1, -0.05) is 24.6 Å². The lowest BCUT2D eigenvalue weighted by Gasteiger charge is -2.14. The molecule has 0 aromatic heterocycles. The third-order valence-corrected chi connectivity index (χ3v) is 2.87.